The average Bonchev–Trinajstić information content (AvgIpc) is 2.57. The maximum absolute atomic E-state index is 12.3. The molecule has 126 valence electrons. The Labute approximate surface area is 136 Å². The summed E-state index contributed by atoms with van der Waals surface area (Å²) in [4.78, 5) is 30.9. The molecule has 0 aliphatic carbocycles. The van der Waals surface area contributed by atoms with Gasteiger partial charge in [-0.15, -0.1) is 0 Å². The van der Waals surface area contributed by atoms with Crippen LogP contribution in [0.2, 0.25) is 0 Å². The molecule has 2 aliphatic heterocycles. The molecule has 1 amide bonds. The number of nitrogens with one attached hydrogen (secondary N) is 1. The van der Waals surface area contributed by atoms with Crippen molar-refractivity contribution in [1.82, 2.24) is 19.8 Å². The van der Waals surface area contributed by atoms with Crippen molar-refractivity contribution in [2.45, 2.75) is 52.1 Å². The second kappa shape index (κ2) is 6.83. The highest BCUT2D eigenvalue weighted by Crippen LogP contribution is 2.23. The van der Waals surface area contributed by atoms with Crippen molar-refractivity contribution < 1.29 is 4.79 Å². The highest BCUT2D eigenvalue weighted by atomic mass is 16.2. The van der Waals surface area contributed by atoms with E-state index in [-0.39, 0.29) is 17.5 Å². The summed E-state index contributed by atoms with van der Waals surface area (Å²) in [6, 6.07) is 0.0516. The van der Waals surface area contributed by atoms with Crippen LogP contribution < -0.4 is 10.9 Å². The molecule has 2 saturated heterocycles. The molecule has 23 heavy (non-hydrogen) atoms. The van der Waals surface area contributed by atoms with E-state index in [2.05, 4.69) is 15.2 Å². The highest BCUT2D eigenvalue weighted by Gasteiger charge is 2.31. The zero-order valence-corrected chi connectivity index (χ0v) is 14.0. The molecule has 1 atom stereocenters. The summed E-state index contributed by atoms with van der Waals surface area (Å²) in [5.74, 6) is 0.670. The summed E-state index contributed by atoms with van der Waals surface area (Å²) in [7, 11) is 0. The van der Waals surface area contributed by atoms with Crippen LogP contribution >= 0.6 is 0 Å². The molecule has 6 heteroatoms. The Hall–Kier alpha value is -1.69. The fourth-order valence-corrected chi connectivity index (χ4v) is 3.64. The van der Waals surface area contributed by atoms with Crippen molar-refractivity contribution in [2.75, 3.05) is 19.6 Å². The molecule has 1 aromatic heterocycles. The van der Waals surface area contributed by atoms with Gasteiger partial charge in [-0.2, -0.15) is 0 Å². The Morgan fingerprint density at radius 1 is 1.22 bits per heavy atom. The minimum Gasteiger partial charge on any atom is -0.355 e. The number of carbonyl (C=O) groups excluding carboxylic acids is 1. The molecular weight excluding hydrogens is 292 g/mol. The Morgan fingerprint density at radius 3 is 2.65 bits per heavy atom. The third kappa shape index (κ3) is 3.47. The number of aryl methyl sites for hydroxylation is 1. The number of carbonyl (C=O) groups is 1. The van der Waals surface area contributed by atoms with Crippen molar-refractivity contribution in [2.24, 2.45) is 5.92 Å². The lowest BCUT2D eigenvalue weighted by atomic mass is 9.94. The number of nitrogens with zero attached hydrogens (tertiary/aromatic N) is 3. The molecule has 6 nitrogen and oxygen atoms in total. The van der Waals surface area contributed by atoms with Gasteiger partial charge in [0.25, 0.3) is 5.56 Å². The van der Waals surface area contributed by atoms with E-state index in [0.29, 0.717) is 5.92 Å². The van der Waals surface area contributed by atoms with Crippen LogP contribution in [0.4, 0.5) is 0 Å². The van der Waals surface area contributed by atoms with Crippen LogP contribution in [-0.4, -0.2) is 46.0 Å². The highest BCUT2D eigenvalue weighted by molar-refractivity contribution is 5.82. The zero-order chi connectivity index (χ0) is 16.4. The van der Waals surface area contributed by atoms with Gasteiger partial charge in [0.1, 0.15) is 0 Å². The molecule has 1 unspecified atom stereocenters. The van der Waals surface area contributed by atoms with E-state index in [1.807, 2.05) is 13.8 Å². The summed E-state index contributed by atoms with van der Waals surface area (Å²) in [6.07, 6.45) is 5.77. The van der Waals surface area contributed by atoms with E-state index < -0.39 is 0 Å². The average molecular weight is 318 g/mol. The Balaban J connectivity index is 1.58. The van der Waals surface area contributed by atoms with Gasteiger partial charge in [0.2, 0.25) is 5.91 Å². The number of amides is 1. The van der Waals surface area contributed by atoms with Gasteiger partial charge in [-0.25, -0.2) is 4.98 Å². The number of rotatable bonds is 3. The lowest BCUT2D eigenvalue weighted by Gasteiger charge is -2.38. The number of piperidine rings is 2. The van der Waals surface area contributed by atoms with Crippen molar-refractivity contribution in [3.05, 3.63) is 27.9 Å². The third-order valence-corrected chi connectivity index (χ3v) is 5.32. The van der Waals surface area contributed by atoms with Gasteiger partial charge in [0, 0.05) is 24.3 Å². The second-order valence-electron chi connectivity index (χ2n) is 6.84. The summed E-state index contributed by atoms with van der Waals surface area (Å²) < 4.78 is 1.75. The van der Waals surface area contributed by atoms with E-state index in [1.165, 1.54) is 0 Å². The molecule has 3 heterocycles. The van der Waals surface area contributed by atoms with Crippen LogP contribution in [0.15, 0.2) is 11.1 Å². The number of likely N-dealkylation sites (tertiary alicyclic amines) is 1. The Morgan fingerprint density at radius 2 is 1.96 bits per heavy atom. The molecule has 2 fully saturated rings. The predicted molar refractivity (Wildman–Crippen MR) is 88.3 cm³/mol. The van der Waals surface area contributed by atoms with Gasteiger partial charge in [0.05, 0.1) is 12.4 Å². The van der Waals surface area contributed by atoms with Crippen LogP contribution in [0.25, 0.3) is 0 Å². The molecule has 1 N–H and O–H groups in total. The lowest BCUT2D eigenvalue weighted by Crippen LogP contribution is -2.52. The number of hydrogen-bond donors (Lipinski definition) is 1. The van der Waals surface area contributed by atoms with Crippen LogP contribution in [0.3, 0.4) is 0 Å². The quantitative estimate of drug-likeness (QED) is 0.897. The molecule has 0 bridgehead atoms. The summed E-state index contributed by atoms with van der Waals surface area (Å²) >= 11 is 0. The van der Waals surface area contributed by atoms with Crippen molar-refractivity contribution in [3.8, 4) is 0 Å². The van der Waals surface area contributed by atoms with Gasteiger partial charge in [-0.1, -0.05) is 0 Å². The van der Waals surface area contributed by atoms with Crippen LogP contribution in [0.5, 0.6) is 0 Å². The first-order chi connectivity index (χ1) is 11.1. The monoisotopic (exact) mass is 318 g/mol. The van der Waals surface area contributed by atoms with Gasteiger partial charge >= 0.3 is 0 Å². The fraction of sp³-hybridized carbons (Fsp3) is 0.706. The number of aromatic nitrogens is 2. The molecule has 0 saturated carbocycles. The van der Waals surface area contributed by atoms with Crippen LogP contribution in [0.1, 0.15) is 36.9 Å². The second-order valence-corrected chi connectivity index (χ2v) is 6.84. The van der Waals surface area contributed by atoms with Gasteiger partial charge in [-0.05, 0) is 58.5 Å². The van der Waals surface area contributed by atoms with E-state index in [1.54, 1.807) is 10.9 Å². The largest absolute Gasteiger partial charge is 0.355 e. The molecule has 1 aromatic rings. The predicted octanol–water partition coefficient (Wildman–Crippen LogP) is 0.851. The summed E-state index contributed by atoms with van der Waals surface area (Å²) in [5, 5.41) is 2.97. The maximum Gasteiger partial charge on any atom is 0.256 e. The van der Waals surface area contributed by atoms with Crippen LogP contribution in [-0.2, 0) is 11.3 Å². The number of hydrogen-bond acceptors (Lipinski definition) is 4. The SMILES string of the molecule is Cc1ncn(CC2CCN(C3CCCNC3=O)CC2)c(=O)c1C. The van der Waals surface area contributed by atoms with E-state index in [0.717, 1.165) is 63.1 Å². The smallest absolute Gasteiger partial charge is 0.256 e. The first kappa shape index (κ1) is 16.2. The lowest BCUT2D eigenvalue weighted by molar-refractivity contribution is -0.128. The normalized spacial score (nSPS) is 23.7. The van der Waals surface area contributed by atoms with E-state index in [4.69, 9.17) is 0 Å². The Kier molecular flexibility index (Phi) is 4.80. The minimum absolute atomic E-state index is 0.0516. The van der Waals surface area contributed by atoms with E-state index >= 15 is 0 Å². The topological polar surface area (TPSA) is 67.2 Å². The van der Waals surface area contributed by atoms with Crippen molar-refractivity contribution in [1.29, 1.82) is 0 Å². The first-order valence-electron chi connectivity index (χ1n) is 8.60. The molecule has 0 radical (unpaired) electrons. The van der Waals surface area contributed by atoms with Gasteiger partial charge < -0.3 is 5.32 Å². The third-order valence-electron chi connectivity index (χ3n) is 5.32. The van der Waals surface area contributed by atoms with Crippen molar-refractivity contribution >= 4 is 5.91 Å². The van der Waals surface area contributed by atoms with E-state index in [9.17, 15) is 9.59 Å². The van der Waals surface area contributed by atoms with Crippen molar-refractivity contribution in [3.63, 3.8) is 0 Å². The summed E-state index contributed by atoms with van der Waals surface area (Å²) in [6.45, 7) is 7.14. The zero-order valence-electron chi connectivity index (χ0n) is 14.0. The first-order valence-corrected chi connectivity index (χ1v) is 8.60. The summed E-state index contributed by atoms with van der Waals surface area (Å²) in [5.41, 5.74) is 1.62. The molecular formula is C17H26N4O2. The maximum atomic E-state index is 12.3. The van der Waals surface area contributed by atoms with Gasteiger partial charge in [0.15, 0.2) is 0 Å². The Bertz CT molecular complexity index is 632. The molecule has 2 aliphatic rings. The fourth-order valence-electron chi connectivity index (χ4n) is 3.64. The minimum atomic E-state index is 0.0516. The molecule has 3 rings (SSSR count). The molecule has 0 aromatic carbocycles. The molecule has 0 spiro atoms. The van der Waals surface area contributed by atoms with Crippen LogP contribution in [0, 0.1) is 19.8 Å². The van der Waals surface area contributed by atoms with Gasteiger partial charge in [-0.3, -0.25) is 19.1 Å². The standard InChI is InChI=1S/C17H26N4O2/c1-12-13(2)19-11-21(17(12)23)10-14-5-8-20(9-6-14)15-4-3-7-18-16(15)22/h11,14-15H,3-10H2,1-2H3,(H,18,22).